The smallest absolute Gasteiger partial charge is 0.261 e. The fourth-order valence-electron chi connectivity index (χ4n) is 2.61. The summed E-state index contributed by atoms with van der Waals surface area (Å²) in [5, 5.41) is 3.03. The summed E-state index contributed by atoms with van der Waals surface area (Å²) < 4.78 is 0.691. The molecule has 0 aliphatic carbocycles. The SMILES string of the molecule is CN=C(C(Br)=CN)c1cc(C(=O)NC(CN)Cc2ccccc2)sc1C. The van der Waals surface area contributed by atoms with Crippen LogP contribution in [0.3, 0.4) is 0 Å². The Morgan fingerprint density at radius 2 is 2.08 bits per heavy atom. The maximum absolute atomic E-state index is 12.7. The molecule has 0 aliphatic heterocycles. The van der Waals surface area contributed by atoms with Gasteiger partial charge in [0.25, 0.3) is 5.91 Å². The van der Waals surface area contributed by atoms with Crippen LogP contribution in [0.5, 0.6) is 0 Å². The number of aryl methyl sites for hydroxylation is 1. The first-order chi connectivity index (χ1) is 12.5. The van der Waals surface area contributed by atoms with Crippen molar-refractivity contribution < 1.29 is 4.79 Å². The molecule has 0 saturated carbocycles. The zero-order chi connectivity index (χ0) is 19.1. The van der Waals surface area contributed by atoms with E-state index >= 15 is 0 Å². The zero-order valence-electron chi connectivity index (χ0n) is 14.8. The quantitative estimate of drug-likeness (QED) is 0.584. The highest BCUT2D eigenvalue weighted by atomic mass is 79.9. The van der Waals surface area contributed by atoms with Gasteiger partial charge in [-0.05, 0) is 40.9 Å². The second kappa shape index (κ2) is 9.66. The Balaban J connectivity index is 2.15. The van der Waals surface area contributed by atoms with Crippen LogP contribution in [0.15, 0.2) is 52.1 Å². The Hall–Kier alpha value is -1.96. The second-order valence-electron chi connectivity index (χ2n) is 5.76. The molecule has 1 aromatic carbocycles. The number of nitrogens with zero attached hydrogens (tertiary/aromatic N) is 1. The fraction of sp³-hybridized carbons (Fsp3) is 0.263. The number of hydrogen-bond acceptors (Lipinski definition) is 5. The highest BCUT2D eigenvalue weighted by molar-refractivity contribution is 9.12. The summed E-state index contributed by atoms with van der Waals surface area (Å²) in [6.45, 7) is 2.34. The summed E-state index contributed by atoms with van der Waals surface area (Å²) in [7, 11) is 1.70. The molecule has 1 aromatic heterocycles. The minimum absolute atomic E-state index is 0.120. The maximum atomic E-state index is 12.7. The lowest BCUT2D eigenvalue weighted by molar-refractivity contribution is 0.0942. The Morgan fingerprint density at radius 3 is 2.65 bits per heavy atom. The summed E-state index contributed by atoms with van der Waals surface area (Å²) in [6, 6.07) is 11.7. The molecule has 1 unspecified atom stereocenters. The fourth-order valence-corrected chi connectivity index (χ4v) is 3.93. The van der Waals surface area contributed by atoms with Crippen LogP contribution in [-0.2, 0) is 6.42 Å². The van der Waals surface area contributed by atoms with Crippen molar-refractivity contribution in [2.45, 2.75) is 19.4 Å². The van der Waals surface area contributed by atoms with E-state index in [1.165, 1.54) is 17.5 Å². The van der Waals surface area contributed by atoms with Crippen molar-refractivity contribution in [2.75, 3.05) is 13.6 Å². The number of halogens is 1. The van der Waals surface area contributed by atoms with Crippen LogP contribution < -0.4 is 16.8 Å². The molecule has 138 valence electrons. The van der Waals surface area contributed by atoms with E-state index in [9.17, 15) is 4.79 Å². The number of benzene rings is 1. The molecule has 2 aromatic rings. The summed E-state index contributed by atoms with van der Waals surface area (Å²) in [4.78, 5) is 18.6. The molecule has 0 bridgehead atoms. The van der Waals surface area contributed by atoms with Gasteiger partial charge in [0.05, 0.1) is 15.1 Å². The van der Waals surface area contributed by atoms with Gasteiger partial charge in [0.1, 0.15) is 0 Å². The number of nitrogens with one attached hydrogen (secondary N) is 1. The molecule has 5 N–H and O–H groups in total. The first-order valence-electron chi connectivity index (χ1n) is 8.20. The monoisotopic (exact) mass is 434 g/mol. The molecule has 5 nitrogen and oxygen atoms in total. The third-order valence-electron chi connectivity index (χ3n) is 3.94. The van der Waals surface area contributed by atoms with Crippen molar-refractivity contribution >= 4 is 38.9 Å². The van der Waals surface area contributed by atoms with Gasteiger partial charge in [-0.15, -0.1) is 11.3 Å². The summed E-state index contributed by atoms with van der Waals surface area (Å²) >= 11 is 4.83. The Kier molecular flexibility index (Phi) is 7.56. The average molecular weight is 435 g/mol. The van der Waals surface area contributed by atoms with Crippen molar-refractivity contribution in [3.8, 4) is 0 Å². The van der Waals surface area contributed by atoms with Crippen molar-refractivity contribution in [3.63, 3.8) is 0 Å². The molecule has 1 atom stereocenters. The van der Waals surface area contributed by atoms with Crippen LogP contribution >= 0.6 is 27.3 Å². The van der Waals surface area contributed by atoms with E-state index in [-0.39, 0.29) is 11.9 Å². The number of carbonyl (C=O) groups is 1. The number of rotatable bonds is 7. The van der Waals surface area contributed by atoms with Crippen LogP contribution in [0.25, 0.3) is 0 Å². The zero-order valence-corrected chi connectivity index (χ0v) is 17.2. The molecule has 7 heteroatoms. The van der Waals surface area contributed by atoms with Crippen molar-refractivity contribution in [3.05, 3.63) is 68.0 Å². The highest BCUT2D eigenvalue weighted by Gasteiger charge is 2.19. The van der Waals surface area contributed by atoms with Crippen LogP contribution in [0, 0.1) is 6.92 Å². The molecule has 0 spiro atoms. The molecule has 0 aliphatic rings. The van der Waals surface area contributed by atoms with E-state index in [0.717, 1.165) is 21.7 Å². The third-order valence-corrected chi connectivity index (χ3v) is 5.63. The van der Waals surface area contributed by atoms with Gasteiger partial charge in [-0.25, -0.2) is 0 Å². The van der Waals surface area contributed by atoms with Crippen molar-refractivity contribution in [1.82, 2.24) is 5.32 Å². The van der Waals surface area contributed by atoms with Crippen LogP contribution in [0.1, 0.15) is 25.7 Å². The number of aliphatic imine (C=N–C) groups is 1. The van der Waals surface area contributed by atoms with Gasteiger partial charge in [0, 0.05) is 36.3 Å². The number of thiophene rings is 1. The topological polar surface area (TPSA) is 93.5 Å². The van der Waals surface area contributed by atoms with E-state index < -0.39 is 0 Å². The number of carbonyl (C=O) groups excluding carboxylic acids is 1. The Bertz CT molecular complexity index is 814. The molecule has 26 heavy (non-hydrogen) atoms. The number of allylic oxidation sites excluding steroid dienone is 1. The summed E-state index contributed by atoms with van der Waals surface area (Å²) in [5.41, 5.74) is 14.2. The van der Waals surface area contributed by atoms with E-state index in [1.54, 1.807) is 7.05 Å². The van der Waals surface area contributed by atoms with E-state index in [2.05, 4.69) is 26.2 Å². The first kappa shape index (κ1) is 20.4. The number of nitrogens with two attached hydrogens (primary N) is 2. The van der Waals surface area contributed by atoms with E-state index in [1.807, 2.05) is 43.3 Å². The Morgan fingerprint density at radius 1 is 1.38 bits per heavy atom. The molecule has 1 amide bonds. The lowest BCUT2D eigenvalue weighted by Gasteiger charge is -2.16. The van der Waals surface area contributed by atoms with Crippen LogP contribution in [-0.4, -0.2) is 31.3 Å². The lowest BCUT2D eigenvalue weighted by atomic mass is 10.1. The predicted octanol–water partition coefficient (Wildman–Crippen LogP) is 2.97. The van der Waals surface area contributed by atoms with Crippen molar-refractivity contribution in [1.29, 1.82) is 0 Å². The van der Waals surface area contributed by atoms with Gasteiger partial charge in [-0.3, -0.25) is 9.79 Å². The molecule has 0 radical (unpaired) electrons. The molecule has 1 heterocycles. The second-order valence-corrected chi connectivity index (χ2v) is 7.87. The van der Waals surface area contributed by atoms with Gasteiger partial charge in [0.15, 0.2) is 0 Å². The minimum atomic E-state index is -0.126. The Labute approximate surface area is 166 Å². The number of amides is 1. The molecule has 2 rings (SSSR count). The molecular formula is C19H23BrN4OS. The molecular weight excluding hydrogens is 412 g/mol. The first-order valence-corrected chi connectivity index (χ1v) is 9.81. The van der Waals surface area contributed by atoms with Gasteiger partial charge < -0.3 is 16.8 Å². The largest absolute Gasteiger partial charge is 0.404 e. The molecule has 0 fully saturated rings. The minimum Gasteiger partial charge on any atom is -0.404 e. The van der Waals surface area contributed by atoms with Crippen molar-refractivity contribution in [2.24, 2.45) is 16.5 Å². The van der Waals surface area contributed by atoms with Gasteiger partial charge >= 0.3 is 0 Å². The standard InChI is InChI=1S/C19H23BrN4OS/c1-12-15(18(23-2)16(20)11-22)9-17(26-12)19(25)24-14(10-21)8-13-6-4-3-5-7-13/h3-7,9,11,14H,8,10,21-22H2,1-2H3,(H,24,25). The van der Waals surface area contributed by atoms with Crippen LogP contribution in [0.4, 0.5) is 0 Å². The molecule has 0 saturated heterocycles. The maximum Gasteiger partial charge on any atom is 0.261 e. The average Bonchev–Trinajstić information content (AvgIpc) is 3.04. The summed E-state index contributed by atoms with van der Waals surface area (Å²) in [6.07, 6.45) is 2.15. The van der Waals surface area contributed by atoms with E-state index in [4.69, 9.17) is 11.5 Å². The van der Waals surface area contributed by atoms with E-state index in [0.29, 0.717) is 22.3 Å². The normalized spacial score (nSPS) is 13.5. The van der Waals surface area contributed by atoms with Gasteiger partial charge in [0.2, 0.25) is 0 Å². The van der Waals surface area contributed by atoms with Gasteiger partial charge in [-0.1, -0.05) is 30.3 Å². The number of hydrogen-bond donors (Lipinski definition) is 3. The third kappa shape index (κ3) is 5.03. The van der Waals surface area contributed by atoms with Crippen LogP contribution in [0.2, 0.25) is 0 Å². The predicted molar refractivity (Wildman–Crippen MR) is 113 cm³/mol. The lowest BCUT2D eigenvalue weighted by Crippen LogP contribution is -2.41. The highest BCUT2D eigenvalue weighted by Crippen LogP contribution is 2.26. The van der Waals surface area contributed by atoms with Gasteiger partial charge in [-0.2, -0.15) is 0 Å². The summed E-state index contributed by atoms with van der Waals surface area (Å²) in [5.74, 6) is -0.126.